The van der Waals surface area contributed by atoms with Crippen LogP contribution in [0.4, 0.5) is 0 Å². The summed E-state index contributed by atoms with van der Waals surface area (Å²) in [4.78, 5) is 0. The van der Waals surface area contributed by atoms with Crippen LogP contribution in [-0.2, 0) is 0 Å². The topological polar surface area (TPSA) is 0 Å². The summed E-state index contributed by atoms with van der Waals surface area (Å²) in [6.45, 7) is 12.0. The third kappa shape index (κ3) is 6.29. The molecule has 0 aliphatic heterocycles. The zero-order valence-corrected chi connectivity index (χ0v) is 13.3. The molecule has 0 spiro atoms. The Kier molecular flexibility index (Phi) is 8.12. The highest BCUT2D eigenvalue weighted by molar-refractivity contribution is 5.28. The molecule has 0 fully saturated rings. The van der Waals surface area contributed by atoms with E-state index in [2.05, 4.69) is 44.5 Å². The summed E-state index contributed by atoms with van der Waals surface area (Å²) in [7, 11) is 0. The maximum absolute atomic E-state index is 3.83. The molecule has 0 aromatic heterocycles. The van der Waals surface area contributed by atoms with Crippen molar-refractivity contribution in [1.29, 1.82) is 0 Å². The zero-order chi connectivity index (χ0) is 14.8. The lowest BCUT2D eigenvalue weighted by Gasteiger charge is -2.32. The fourth-order valence-electron chi connectivity index (χ4n) is 2.95. The van der Waals surface area contributed by atoms with Gasteiger partial charge in [-0.15, -0.1) is 6.58 Å². The molecule has 0 radical (unpaired) electrons. The molecule has 0 saturated heterocycles. The van der Waals surface area contributed by atoms with Gasteiger partial charge in [-0.1, -0.05) is 50.3 Å². The molecule has 2 atom stereocenters. The minimum absolute atomic E-state index is 0.782. The van der Waals surface area contributed by atoms with E-state index in [0.717, 1.165) is 24.2 Å². The summed E-state index contributed by atoms with van der Waals surface area (Å²) in [5.41, 5.74) is 7.05. The standard InChI is InChI=1S/C20H30/c1-5-7-9-13-19(14-10-11-17(3)4)20-15-18(16-20)12-8-6-2/h5,12,15,17,19-20H,1-2,7,9-11,13-14,16H2,3-4H3. The molecule has 1 aliphatic carbocycles. The Morgan fingerprint density at radius 3 is 2.60 bits per heavy atom. The number of hydrogen-bond acceptors (Lipinski definition) is 0. The third-order valence-electron chi connectivity index (χ3n) is 4.20. The van der Waals surface area contributed by atoms with Gasteiger partial charge in [-0.2, -0.15) is 0 Å². The minimum Gasteiger partial charge on any atom is -0.103 e. The highest BCUT2D eigenvalue weighted by Crippen LogP contribution is 2.38. The van der Waals surface area contributed by atoms with Crippen molar-refractivity contribution in [2.24, 2.45) is 17.8 Å². The van der Waals surface area contributed by atoms with Gasteiger partial charge in [0.25, 0.3) is 0 Å². The quantitative estimate of drug-likeness (QED) is 0.251. The number of unbranched alkanes of at least 4 members (excludes halogenated alkanes) is 1. The molecular formula is C20H30. The lowest BCUT2D eigenvalue weighted by atomic mass is 9.73. The third-order valence-corrected chi connectivity index (χ3v) is 4.20. The van der Waals surface area contributed by atoms with E-state index in [1.54, 1.807) is 0 Å². The van der Waals surface area contributed by atoms with Crippen LogP contribution in [0, 0.1) is 17.8 Å². The molecule has 0 N–H and O–H groups in total. The van der Waals surface area contributed by atoms with Gasteiger partial charge in [0.15, 0.2) is 0 Å². The van der Waals surface area contributed by atoms with E-state index < -0.39 is 0 Å². The molecule has 110 valence electrons. The summed E-state index contributed by atoms with van der Waals surface area (Å²) >= 11 is 0. The van der Waals surface area contributed by atoms with E-state index in [1.165, 1.54) is 44.1 Å². The van der Waals surface area contributed by atoms with Crippen LogP contribution >= 0.6 is 0 Å². The fourth-order valence-corrected chi connectivity index (χ4v) is 2.95. The van der Waals surface area contributed by atoms with Crippen molar-refractivity contribution in [2.45, 2.75) is 58.8 Å². The SMILES string of the molecule is C=C=C=CC1=CC(C(CCCC=C)CCCC(C)C)C1. The molecule has 0 heteroatoms. The predicted molar refractivity (Wildman–Crippen MR) is 89.6 cm³/mol. The monoisotopic (exact) mass is 270 g/mol. The van der Waals surface area contributed by atoms with Crippen LogP contribution < -0.4 is 0 Å². The molecule has 20 heavy (non-hydrogen) atoms. The highest BCUT2D eigenvalue weighted by Gasteiger charge is 2.25. The van der Waals surface area contributed by atoms with Crippen molar-refractivity contribution in [1.82, 2.24) is 0 Å². The van der Waals surface area contributed by atoms with Crippen LogP contribution in [0.3, 0.4) is 0 Å². The van der Waals surface area contributed by atoms with E-state index in [0.29, 0.717) is 0 Å². The van der Waals surface area contributed by atoms with Gasteiger partial charge >= 0.3 is 0 Å². The van der Waals surface area contributed by atoms with E-state index in [4.69, 9.17) is 0 Å². The zero-order valence-electron chi connectivity index (χ0n) is 13.3. The largest absolute Gasteiger partial charge is 0.103 e. The Bertz CT molecular complexity index is 398. The van der Waals surface area contributed by atoms with E-state index in [1.807, 2.05) is 12.2 Å². The molecule has 0 aromatic rings. The lowest BCUT2D eigenvalue weighted by molar-refractivity contribution is 0.301. The highest BCUT2D eigenvalue weighted by atomic mass is 14.3. The first-order valence-corrected chi connectivity index (χ1v) is 8.09. The van der Waals surface area contributed by atoms with Crippen molar-refractivity contribution in [2.75, 3.05) is 0 Å². The smallest absolute Gasteiger partial charge is 0.00863 e. The summed E-state index contributed by atoms with van der Waals surface area (Å²) < 4.78 is 0. The van der Waals surface area contributed by atoms with Crippen LogP contribution in [-0.4, -0.2) is 0 Å². The van der Waals surface area contributed by atoms with Crippen LogP contribution in [0.25, 0.3) is 0 Å². The summed E-state index contributed by atoms with van der Waals surface area (Å²) in [5, 5.41) is 0. The first-order chi connectivity index (χ1) is 9.67. The number of hydrogen-bond donors (Lipinski definition) is 0. The van der Waals surface area contributed by atoms with Crippen molar-refractivity contribution in [3.63, 3.8) is 0 Å². The molecule has 2 unspecified atom stereocenters. The second kappa shape index (κ2) is 9.65. The second-order valence-corrected chi connectivity index (χ2v) is 6.38. The summed E-state index contributed by atoms with van der Waals surface area (Å²) in [6, 6.07) is 0. The lowest BCUT2D eigenvalue weighted by Crippen LogP contribution is -2.20. The van der Waals surface area contributed by atoms with Gasteiger partial charge in [0.1, 0.15) is 0 Å². The Hall–Kier alpha value is -1.22. The van der Waals surface area contributed by atoms with Crippen molar-refractivity contribution < 1.29 is 0 Å². The molecule has 0 nitrogen and oxygen atoms in total. The fraction of sp³-hybridized carbons (Fsp3) is 0.600. The minimum atomic E-state index is 0.782. The van der Waals surface area contributed by atoms with E-state index in [-0.39, 0.29) is 0 Å². The summed E-state index contributed by atoms with van der Waals surface area (Å²) in [5.74, 6) is 2.47. The van der Waals surface area contributed by atoms with E-state index >= 15 is 0 Å². The van der Waals surface area contributed by atoms with Crippen LogP contribution in [0.5, 0.6) is 0 Å². The average molecular weight is 270 g/mol. The normalized spacial score (nSPS) is 18.6. The Balaban J connectivity index is 2.46. The van der Waals surface area contributed by atoms with Crippen LogP contribution in [0.2, 0.25) is 0 Å². The van der Waals surface area contributed by atoms with Crippen molar-refractivity contribution in [3.05, 3.63) is 48.4 Å². The molecule has 0 saturated carbocycles. The van der Waals surface area contributed by atoms with Gasteiger partial charge in [-0.05, 0) is 68.1 Å². The first kappa shape index (κ1) is 16.8. The van der Waals surface area contributed by atoms with Gasteiger partial charge in [0, 0.05) is 0 Å². The van der Waals surface area contributed by atoms with Gasteiger partial charge in [0.2, 0.25) is 0 Å². The van der Waals surface area contributed by atoms with Crippen molar-refractivity contribution >= 4 is 0 Å². The van der Waals surface area contributed by atoms with Gasteiger partial charge in [-0.25, -0.2) is 0 Å². The Labute approximate surface area is 125 Å². The summed E-state index contributed by atoms with van der Waals surface area (Å²) in [6.07, 6.45) is 15.6. The van der Waals surface area contributed by atoms with Crippen LogP contribution in [0.15, 0.2) is 48.4 Å². The Morgan fingerprint density at radius 1 is 1.30 bits per heavy atom. The van der Waals surface area contributed by atoms with Crippen molar-refractivity contribution in [3.8, 4) is 0 Å². The average Bonchev–Trinajstić information content (AvgIpc) is 2.36. The number of allylic oxidation sites excluding steroid dienone is 4. The van der Waals surface area contributed by atoms with Gasteiger partial charge in [-0.3, -0.25) is 0 Å². The van der Waals surface area contributed by atoms with Crippen LogP contribution in [0.1, 0.15) is 58.8 Å². The number of rotatable bonds is 10. The molecular weight excluding hydrogens is 240 g/mol. The maximum atomic E-state index is 3.83. The van der Waals surface area contributed by atoms with Gasteiger partial charge < -0.3 is 0 Å². The Morgan fingerprint density at radius 2 is 2.00 bits per heavy atom. The molecule has 0 aromatic carbocycles. The first-order valence-electron chi connectivity index (χ1n) is 8.09. The molecule has 1 rings (SSSR count). The molecule has 1 aliphatic rings. The second-order valence-electron chi connectivity index (χ2n) is 6.38. The van der Waals surface area contributed by atoms with Gasteiger partial charge in [0.05, 0.1) is 0 Å². The molecule has 0 bridgehead atoms. The predicted octanol–water partition coefficient (Wildman–Crippen LogP) is 6.23. The maximum Gasteiger partial charge on any atom is -0.00863 e. The van der Waals surface area contributed by atoms with E-state index in [9.17, 15) is 0 Å². The molecule has 0 amide bonds. The molecule has 0 heterocycles.